The third-order valence-electron chi connectivity index (χ3n) is 6.05. The molecule has 6 heteroatoms. The zero-order valence-electron chi connectivity index (χ0n) is 19.2. The molecule has 0 spiro atoms. The molecule has 0 saturated heterocycles. The van der Waals surface area contributed by atoms with Crippen LogP contribution in [-0.4, -0.2) is 47.9 Å². The van der Waals surface area contributed by atoms with Crippen molar-refractivity contribution in [2.75, 3.05) is 26.2 Å². The van der Waals surface area contributed by atoms with Crippen LogP contribution in [0.1, 0.15) is 45.7 Å². The summed E-state index contributed by atoms with van der Waals surface area (Å²) < 4.78 is 6.07. The topological polar surface area (TPSA) is 49.9 Å². The van der Waals surface area contributed by atoms with E-state index in [-0.39, 0.29) is 24.4 Å². The largest absolute Gasteiger partial charge is 0.491 e. The lowest BCUT2D eigenvalue weighted by molar-refractivity contribution is -0.135. The summed E-state index contributed by atoms with van der Waals surface area (Å²) in [5.41, 5.74) is 2.73. The normalized spacial score (nSPS) is 15.1. The SMILES string of the molecule is CCCN(CC(=O)N1CCc2sccc2[C@@H]1COc1ccccc1)C(=O)c1ccccc1C. The number of hydrogen-bond donors (Lipinski definition) is 0. The lowest BCUT2D eigenvalue weighted by atomic mass is 10.00. The van der Waals surface area contributed by atoms with Crippen molar-refractivity contribution in [1.29, 1.82) is 0 Å². The first-order valence-electron chi connectivity index (χ1n) is 11.5. The summed E-state index contributed by atoms with van der Waals surface area (Å²) in [4.78, 5) is 31.7. The van der Waals surface area contributed by atoms with Crippen LogP contribution in [-0.2, 0) is 11.2 Å². The first-order valence-corrected chi connectivity index (χ1v) is 12.3. The summed E-state index contributed by atoms with van der Waals surface area (Å²) in [6.45, 7) is 5.59. The number of hydrogen-bond acceptors (Lipinski definition) is 4. The summed E-state index contributed by atoms with van der Waals surface area (Å²) in [5.74, 6) is 0.659. The predicted octanol–water partition coefficient (Wildman–Crippen LogP) is 5.11. The van der Waals surface area contributed by atoms with Crippen LogP contribution in [0, 0.1) is 6.92 Å². The molecular weight excluding hydrogens is 432 g/mol. The number of fused-ring (bicyclic) bond motifs is 1. The molecule has 3 aromatic rings. The zero-order valence-corrected chi connectivity index (χ0v) is 20.0. The fraction of sp³-hybridized carbons (Fsp3) is 0.333. The molecule has 0 fully saturated rings. The maximum absolute atomic E-state index is 13.5. The van der Waals surface area contributed by atoms with Crippen molar-refractivity contribution in [3.8, 4) is 5.75 Å². The van der Waals surface area contributed by atoms with Crippen LogP contribution in [0.15, 0.2) is 66.0 Å². The van der Waals surface area contributed by atoms with Gasteiger partial charge in [0.1, 0.15) is 18.9 Å². The van der Waals surface area contributed by atoms with Crippen LogP contribution in [0.2, 0.25) is 0 Å². The van der Waals surface area contributed by atoms with Gasteiger partial charge < -0.3 is 14.5 Å². The fourth-order valence-corrected chi connectivity index (χ4v) is 5.25. The summed E-state index contributed by atoms with van der Waals surface area (Å²) in [7, 11) is 0. The van der Waals surface area contributed by atoms with Crippen molar-refractivity contribution >= 4 is 23.2 Å². The van der Waals surface area contributed by atoms with E-state index in [1.807, 2.05) is 73.3 Å². The van der Waals surface area contributed by atoms with Gasteiger partial charge in [-0.25, -0.2) is 0 Å². The van der Waals surface area contributed by atoms with Crippen molar-refractivity contribution in [1.82, 2.24) is 9.80 Å². The Morgan fingerprint density at radius 3 is 2.61 bits per heavy atom. The third-order valence-corrected chi connectivity index (χ3v) is 7.05. The van der Waals surface area contributed by atoms with E-state index in [0.717, 1.165) is 29.7 Å². The second kappa shape index (κ2) is 10.7. The van der Waals surface area contributed by atoms with Gasteiger partial charge in [-0.05, 0) is 60.5 Å². The van der Waals surface area contributed by atoms with Crippen molar-refractivity contribution in [2.45, 2.75) is 32.7 Å². The fourth-order valence-electron chi connectivity index (χ4n) is 4.33. The summed E-state index contributed by atoms with van der Waals surface area (Å²) in [6.07, 6.45) is 1.63. The van der Waals surface area contributed by atoms with E-state index in [1.54, 1.807) is 16.2 Å². The Hall–Kier alpha value is -3.12. The molecule has 1 aromatic heterocycles. The Morgan fingerprint density at radius 2 is 1.85 bits per heavy atom. The molecule has 1 aliphatic heterocycles. The Kier molecular flexibility index (Phi) is 7.45. The van der Waals surface area contributed by atoms with Crippen molar-refractivity contribution in [3.63, 3.8) is 0 Å². The second-order valence-electron chi connectivity index (χ2n) is 8.32. The first-order chi connectivity index (χ1) is 16.1. The van der Waals surface area contributed by atoms with Gasteiger partial charge in [0.2, 0.25) is 5.91 Å². The monoisotopic (exact) mass is 462 g/mol. The highest BCUT2D eigenvalue weighted by Gasteiger charge is 2.33. The van der Waals surface area contributed by atoms with Gasteiger partial charge in [0.25, 0.3) is 5.91 Å². The molecule has 0 radical (unpaired) electrons. The Bertz CT molecular complexity index is 1100. The molecule has 1 aliphatic rings. The number of carbonyl (C=O) groups is 2. The van der Waals surface area contributed by atoms with Crippen LogP contribution in [0.25, 0.3) is 0 Å². The average molecular weight is 463 g/mol. The van der Waals surface area contributed by atoms with Crippen LogP contribution in [0.5, 0.6) is 5.75 Å². The smallest absolute Gasteiger partial charge is 0.254 e. The molecule has 0 aliphatic carbocycles. The van der Waals surface area contributed by atoms with Crippen LogP contribution in [0.3, 0.4) is 0 Å². The molecule has 0 N–H and O–H groups in total. The van der Waals surface area contributed by atoms with E-state index < -0.39 is 0 Å². The first kappa shape index (κ1) is 23.1. The molecule has 0 unspecified atom stereocenters. The lowest BCUT2D eigenvalue weighted by Gasteiger charge is -2.37. The highest BCUT2D eigenvalue weighted by molar-refractivity contribution is 7.10. The van der Waals surface area contributed by atoms with Crippen molar-refractivity contribution in [3.05, 3.63) is 87.6 Å². The predicted molar refractivity (Wildman–Crippen MR) is 132 cm³/mol. The van der Waals surface area contributed by atoms with Gasteiger partial charge in [0.05, 0.1) is 6.04 Å². The molecule has 33 heavy (non-hydrogen) atoms. The molecule has 1 atom stereocenters. The number of nitrogens with zero attached hydrogens (tertiary/aromatic N) is 2. The van der Waals surface area contributed by atoms with E-state index in [1.165, 1.54) is 4.88 Å². The average Bonchev–Trinajstić information content (AvgIpc) is 3.32. The lowest BCUT2D eigenvalue weighted by Crippen LogP contribution is -2.48. The quantitative estimate of drug-likeness (QED) is 0.467. The number of rotatable bonds is 8. The summed E-state index contributed by atoms with van der Waals surface area (Å²) in [6, 6.07) is 19.2. The number of para-hydroxylation sites is 1. The van der Waals surface area contributed by atoms with E-state index in [9.17, 15) is 9.59 Å². The van der Waals surface area contributed by atoms with Crippen molar-refractivity contribution < 1.29 is 14.3 Å². The number of aryl methyl sites for hydroxylation is 1. The van der Waals surface area contributed by atoms with Gasteiger partial charge in [-0.15, -0.1) is 11.3 Å². The second-order valence-corrected chi connectivity index (χ2v) is 9.32. The number of carbonyl (C=O) groups excluding carboxylic acids is 2. The minimum absolute atomic E-state index is 0.0381. The highest BCUT2D eigenvalue weighted by atomic mass is 32.1. The molecule has 172 valence electrons. The summed E-state index contributed by atoms with van der Waals surface area (Å²) in [5, 5.41) is 2.08. The molecule has 4 rings (SSSR count). The zero-order chi connectivity index (χ0) is 23.2. The minimum Gasteiger partial charge on any atom is -0.491 e. The molecule has 5 nitrogen and oxygen atoms in total. The van der Waals surface area contributed by atoms with Crippen LogP contribution >= 0.6 is 11.3 Å². The third kappa shape index (κ3) is 5.28. The Labute approximate surface area is 199 Å². The van der Waals surface area contributed by atoms with E-state index >= 15 is 0 Å². The molecule has 2 heterocycles. The van der Waals surface area contributed by atoms with Crippen molar-refractivity contribution in [2.24, 2.45) is 0 Å². The van der Waals surface area contributed by atoms with Gasteiger partial charge in [0, 0.05) is 23.5 Å². The number of amides is 2. The molecular formula is C27H30N2O3S. The van der Waals surface area contributed by atoms with Gasteiger partial charge in [-0.1, -0.05) is 43.3 Å². The standard InChI is InChI=1S/C27H30N2O3S/c1-3-15-28(27(31)22-12-8-7-9-20(22)2)18-26(30)29-16-13-25-23(14-17-33-25)24(29)19-32-21-10-5-4-6-11-21/h4-12,14,17,24H,3,13,15-16,18-19H2,1-2H3/t24-/m0/s1. The molecule has 0 saturated carbocycles. The Balaban J connectivity index is 1.52. The van der Waals surface area contributed by atoms with E-state index in [2.05, 4.69) is 11.4 Å². The van der Waals surface area contributed by atoms with Gasteiger partial charge in [-0.2, -0.15) is 0 Å². The van der Waals surface area contributed by atoms with E-state index in [0.29, 0.717) is 25.3 Å². The van der Waals surface area contributed by atoms with Crippen LogP contribution < -0.4 is 4.74 Å². The Morgan fingerprint density at radius 1 is 1.09 bits per heavy atom. The maximum Gasteiger partial charge on any atom is 0.254 e. The molecule has 2 aromatic carbocycles. The van der Waals surface area contributed by atoms with Gasteiger partial charge >= 0.3 is 0 Å². The maximum atomic E-state index is 13.5. The van der Waals surface area contributed by atoms with E-state index in [4.69, 9.17) is 4.74 Å². The van der Waals surface area contributed by atoms with Gasteiger partial charge in [0.15, 0.2) is 0 Å². The number of benzene rings is 2. The molecule has 0 bridgehead atoms. The van der Waals surface area contributed by atoms with Crippen LogP contribution in [0.4, 0.5) is 0 Å². The van der Waals surface area contributed by atoms with Gasteiger partial charge in [-0.3, -0.25) is 9.59 Å². The highest BCUT2D eigenvalue weighted by Crippen LogP contribution is 2.34. The number of thiophene rings is 1. The number of ether oxygens (including phenoxy) is 1. The summed E-state index contributed by atoms with van der Waals surface area (Å²) >= 11 is 1.73. The minimum atomic E-state index is -0.162. The molecule has 2 amide bonds.